The Kier molecular flexibility index (Phi) is 7.23. The molecule has 4 aromatic rings. The average Bonchev–Trinajstić information content (AvgIpc) is 3.44. The molecule has 2 atom stereocenters. The van der Waals surface area contributed by atoms with Crippen LogP contribution in [0.3, 0.4) is 0 Å². The number of aliphatic carboxylic acids is 1. The molecule has 7 heteroatoms. The molecule has 1 amide bonds. The van der Waals surface area contributed by atoms with E-state index in [-0.39, 0.29) is 18.9 Å². The molecule has 0 unspecified atom stereocenters. The number of carbonyl (C=O) groups is 2. The summed E-state index contributed by atoms with van der Waals surface area (Å²) < 4.78 is 12.3. The molecule has 1 aliphatic rings. The van der Waals surface area contributed by atoms with Gasteiger partial charge in [-0.1, -0.05) is 72.8 Å². The fourth-order valence-electron chi connectivity index (χ4n) is 4.62. The van der Waals surface area contributed by atoms with E-state index in [4.69, 9.17) is 9.47 Å². The first-order valence-electron chi connectivity index (χ1n) is 12.1. The van der Waals surface area contributed by atoms with Crippen LogP contribution >= 0.6 is 11.3 Å². The SMILES string of the molecule is Cc1ccc2c(c1OCc1ccccc1)C[C@H](C(=O)O)N(C(=O)[C@@H](Oc1cccs1)c1ccccc1)C2. The van der Waals surface area contributed by atoms with E-state index >= 15 is 0 Å². The predicted octanol–water partition coefficient (Wildman–Crippen LogP) is 5.79. The zero-order valence-electron chi connectivity index (χ0n) is 20.4. The van der Waals surface area contributed by atoms with Crippen molar-refractivity contribution in [2.75, 3.05) is 0 Å². The molecule has 1 aliphatic heterocycles. The summed E-state index contributed by atoms with van der Waals surface area (Å²) in [6.07, 6.45) is -0.801. The quantitative estimate of drug-likeness (QED) is 0.323. The summed E-state index contributed by atoms with van der Waals surface area (Å²) >= 11 is 1.39. The third-order valence-corrected chi connectivity index (χ3v) is 7.28. The minimum atomic E-state index is -1.06. The molecule has 188 valence electrons. The van der Waals surface area contributed by atoms with Crippen molar-refractivity contribution in [2.45, 2.75) is 38.6 Å². The molecule has 0 saturated heterocycles. The van der Waals surface area contributed by atoms with Crippen LogP contribution in [0.2, 0.25) is 0 Å². The summed E-state index contributed by atoms with van der Waals surface area (Å²) in [6.45, 7) is 2.49. The van der Waals surface area contributed by atoms with Gasteiger partial charge in [0, 0.05) is 24.1 Å². The highest BCUT2D eigenvalue weighted by molar-refractivity contribution is 7.11. The molecular weight excluding hydrogens is 486 g/mol. The normalized spacial score (nSPS) is 15.5. The lowest BCUT2D eigenvalue weighted by molar-refractivity contribution is -0.155. The number of carbonyl (C=O) groups excluding carboxylic acids is 1. The number of hydrogen-bond acceptors (Lipinski definition) is 5. The van der Waals surface area contributed by atoms with Gasteiger partial charge in [0.05, 0.1) is 0 Å². The third kappa shape index (κ3) is 5.37. The largest absolute Gasteiger partial charge is 0.488 e. The Bertz CT molecular complexity index is 1370. The number of ether oxygens (including phenoxy) is 2. The molecule has 2 heterocycles. The second-order valence-corrected chi connectivity index (χ2v) is 9.90. The first-order chi connectivity index (χ1) is 18.0. The van der Waals surface area contributed by atoms with E-state index in [0.717, 1.165) is 22.3 Å². The number of carboxylic acids is 1. The molecule has 0 saturated carbocycles. The molecule has 5 rings (SSSR count). The highest BCUT2D eigenvalue weighted by atomic mass is 32.1. The van der Waals surface area contributed by atoms with Crippen LogP contribution in [0, 0.1) is 6.92 Å². The Morgan fingerprint density at radius 1 is 1.00 bits per heavy atom. The van der Waals surface area contributed by atoms with E-state index in [9.17, 15) is 14.7 Å². The molecular formula is C30H27NO5S. The van der Waals surface area contributed by atoms with Gasteiger partial charge >= 0.3 is 5.97 Å². The standard InChI is InChI=1S/C30H27NO5S/c1-20-14-15-23-18-31(29(32)28(22-11-6-3-7-12-22)36-26-13-8-16-37-26)25(30(33)34)17-24(23)27(20)35-19-21-9-4-2-5-10-21/h2-16,25,28H,17-19H2,1H3,(H,33,34)/t25-,28+/m1/s1. The molecule has 0 fully saturated rings. The Hall–Kier alpha value is -4.10. The Morgan fingerprint density at radius 2 is 1.73 bits per heavy atom. The van der Waals surface area contributed by atoms with Crippen molar-refractivity contribution in [2.24, 2.45) is 0 Å². The zero-order chi connectivity index (χ0) is 25.8. The van der Waals surface area contributed by atoms with Crippen molar-refractivity contribution in [1.29, 1.82) is 0 Å². The van der Waals surface area contributed by atoms with Gasteiger partial charge in [-0.05, 0) is 41.1 Å². The zero-order valence-corrected chi connectivity index (χ0v) is 21.2. The predicted molar refractivity (Wildman–Crippen MR) is 142 cm³/mol. The maximum Gasteiger partial charge on any atom is 0.326 e. The van der Waals surface area contributed by atoms with Crippen molar-refractivity contribution < 1.29 is 24.2 Å². The number of carboxylic acid groups (broad SMARTS) is 1. The van der Waals surface area contributed by atoms with Gasteiger partial charge in [0.2, 0.25) is 6.10 Å². The summed E-state index contributed by atoms with van der Waals surface area (Å²) in [5.74, 6) is -0.753. The number of benzene rings is 3. The lowest BCUT2D eigenvalue weighted by Crippen LogP contribution is -2.51. The van der Waals surface area contributed by atoms with Gasteiger partial charge in [-0.15, -0.1) is 11.3 Å². The number of thiophene rings is 1. The number of nitrogens with zero attached hydrogens (tertiary/aromatic N) is 1. The Labute approximate surface area is 219 Å². The van der Waals surface area contributed by atoms with E-state index in [1.54, 1.807) is 6.07 Å². The average molecular weight is 514 g/mol. The lowest BCUT2D eigenvalue weighted by Gasteiger charge is -2.37. The van der Waals surface area contributed by atoms with Crippen LogP contribution in [0.4, 0.5) is 0 Å². The summed E-state index contributed by atoms with van der Waals surface area (Å²) in [5.41, 5.74) is 4.34. The van der Waals surface area contributed by atoms with Gasteiger partial charge in [0.15, 0.2) is 5.06 Å². The fraction of sp³-hybridized carbons (Fsp3) is 0.200. The summed E-state index contributed by atoms with van der Waals surface area (Å²) in [5, 5.41) is 12.7. The van der Waals surface area contributed by atoms with E-state index in [0.29, 0.717) is 23.0 Å². The van der Waals surface area contributed by atoms with Crippen molar-refractivity contribution in [3.05, 3.63) is 118 Å². The second-order valence-electron chi connectivity index (χ2n) is 8.99. The highest BCUT2D eigenvalue weighted by Crippen LogP contribution is 2.36. The second kappa shape index (κ2) is 10.9. The molecule has 0 spiro atoms. The number of aryl methyl sites for hydroxylation is 1. The molecule has 0 bridgehead atoms. The summed E-state index contributed by atoms with van der Waals surface area (Å²) in [4.78, 5) is 27.8. The van der Waals surface area contributed by atoms with Crippen LogP contribution in [-0.2, 0) is 29.2 Å². The van der Waals surface area contributed by atoms with Gasteiger partial charge in [-0.3, -0.25) is 4.79 Å². The van der Waals surface area contributed by atoms with Gasteiger partial charge in [-0.2, -0.15) is 0 Å². The smallest absolute Gasteiger partial charge is 0.326 e. The van der Waals surface area contributed by atoms with Crippen LogP contribution in [0.5, 0.6) is 10.8 Å². The topological polar surface area (TPSA) is 76.1 Å². The van der Waals surface area contributed by atoms with Crippen LogP contribution in [-0.4, -0.2) is 27.9 Å². The molecule has 0 aliphatic carbocycles. The maximum absolute atomic E-state index is 13.9. The summed E-state index contributed by atoms with van der Waals surface area (Å²) in [7, 11) is 0. The Morgan fingerprint density at radius 3 is 2.41 bits per heavy atom. The fourth-order valence-corrected chi connectivity index (χ4v) is 5.22. The number of hydrogen-bond donors (Lipinski definition) is 1. The number of fused-ring (bicyclic) bond motifs is 1. The first kappa shape index (κ1) is 24.6. The minimum Gasteiger partial charge on any atom is -0.488 e. The molecule has 37 heavy (non-hydrogen) atoms. The van der Waals surface area contributed by atoms with Crippen LogP contribution < -0.4 is 9.47 Å². The maximum atomic E-state index is 13.9. The van der Waals surface area contributed by atoms with Gasteiger partial charge in [0.25, 0.3) is 5.91 Å². The molecule has 6 nitrogen and oxygen atoms in total. The number of rotatable bonds is 8. The van der Waals surface area contributed by atoms with Crippen molar-refractivity contribution in [3.63, 3.8) is 0 Å². The van der Waals surface area contributed by atoms with Crippen LogP contribution in [0.15, 0.2) is 90.3 Å². The van der Waals surface area contributed by atoms with Crippen molar-refractivity contribution in [3.8, 4) is 10.8 Å². The molecule has 0 radical (unpaired) electrons. The first-order valence-corrected chi connectivity index (χ1v) is 13.0. The Balaban J connectivity index is 1.46. The van der Waals surface area contributed by atoms with E-state index in [1.807, 2.05) is 91.2 Å². The lowest BCUT2D eigenvalue weighted by atomic mass is 9.90. The van der Waals surface area contributed by atoms with Gasteiger partial charge in [-0.25, -0.2) is 4.79 Å². The minimum absolute atomic E-state index is 0.155. The van der Waals surface area contributed by atoms with Crippen LogP contribution in [0.25, 0.3) is 0 Å². The molecule has 1 aromatic heterocycles. The highest BCUT2D eigenvalue weighted by Gasteiger charge is 2.40. The summed E-state index contributed by atoms with van der Waals surface area (Å²) in [6, 6.07) is 25.6. The third-order valence-electron chi connectivity index (χ3n) is 6.52. The van der Waals surface area contributed by atoms with Crippen molar-refractivity contribution in [1.82, 2.24) is 4.90 Å². The van der Waals surface area contributed by atoms with Crippen molar-refractivity contribution >= 4 is 23.2 Å². The van der Waals surface area contributed by atoms with Gasteiger partial charge < -0.3 is 19.5 Å². The van der Waals surface area contributed by atoms with E-state index < -0.39 is 18.1 Å². The van der Waals surface area contributed by atoms with Gasteiger partial charge in [0.1, 0.15) is 18.4 Å². The van der Waals surface area contributed by atoms with E-state index in [2.05, 4.69) is 0 Å². The van der Waals surface area contributed by atoms with Crippen LogP contribution in [0.1, 0.15) is 33.9 Å². The number of amides is 1. The molecule has 3 aromatic carbocycles. The van der Waals surface area contributed by atoms with E-state index in [1.165, 1.54) is 16.2 Å². The monoisotopic (exact) mass is 513 g/mol. The molecule has 1 N–H and O–H groups in total.